The molecule has 8 nitrogen and oxygen atoms in total. The SMILES string of the molecule is Cc1ccc(S(=O)(=O)N(C)C2(C)CC(CCC(=O)NCc3cc(-c4cnc(C(F)(F)F)nc4)c(F)cn3)C2)cc1. The molecular formula is C27H29F4N5O3S. The number of pyridine rings is 1. The monoisotopic (exact) mass is 579 g/mol. The number of nitrogens with one attached hydrogen (secondary N) is 1. The largest absolute Gasteiger partial charge is 0.451 e. The standard InChI is InChI=1S/C27H29F4N5O3S/c1-17-4-7-21(8-5-17)40(38,39)36(3)26(2)11-18(12-26)6-9-24(37)33-15-20-10-22(23(28)16-32-20)19-13-34-25(35-14-19)27(29,30)31/h4-5,7-8,10,13-14,16,18H,6,9,11-12,15H2,1-3H3,(H,33,37). The van der Waals surface area contributed by atoms with E-state index in [1.54, 1.807) is 31.3 Å². The highest BCUT2D eigenvalue weighted by Crippen LogP contribution is 2.45. The topological polar surface area (TPSA) is 105 Å². The summed E-state index contributed by atoms with van der Waals surface area (Å²) in [6.45, 7) is 3.78. The van der Waals surface area contributed by atoms with Crippen LogP contribution in [-0.4, -0.2) is 46.2 Å². The maximum absolute atomic E-state index is 14.3. The van der Waals surface area contributed by atoms with Gasteiger partial charge in [0.2, 0.25) is 21.8 Å². The van der Waals surface area contributed by atoms with Gasteiger partial charge in [0, 0.05) is 42.5 Å². The van der Waals surface area contributed by atoms with Crippen LogP contribution in [0.15, 0.2) is 53.8 Å². The fraction of sp³-hybridized carbons (Fsp3) is 0.407. The molecule has 1 N–H and O–H groups in total. The molecule has 0 unspecified atom stereocenters. The van der Waals surface area contributed by atoms with Gasteiger partial charge in [0.15, 0.2) is 0 Å². The fourth-order valence-electron chi connectivity index (χ4n) is 4.83. The minimum absolute atomic E-state index is 0.00643. The Bertz CT molecular complexity index is 1470. The smallest absolute Gasteiger partial charge is 0.350 e. The third kappa shape index (κ3) is 6.47. The molecule has 1 aromatic carbocycles. The van der Waals surface area contributed by atoms with Gasteiger partial charge in [-0.2, -0.15) is 17.5 Å². The quantitative estimate of drug-likeness (QED) is 0.362. The fourth-order valence-corrected chi connectivity index (χ4v) is 6.36. The summed E-state index contributed by atoms with van der Waals surface area (Å²) in [5.41, 5.74) is 0.749. The molecule has 2 aromatic heterocycles. The van der Waals surface area contributed by atoms with Crippen LogP contribution in [0.3, 0.4) is 0 Å². The molecule has 4 rings (SSSR count). The van der Waals surface area contributed by atoms with Crippen molar-refractivity contribution in [3.05, 3.63) is 71.8 Å². The second kappa shape index (κ2) is 11.2. The minimum atomic E-state index is -4.71. The summed E-state index contributed by atoms with van der Waals surface area (Å²) in [5, 5.41) is 2.71. The number of rotatable bonds is 9. The molecule has 1 aliphatic rings. The molecular weight excluding hydrogens is 550 g/mol. The van der Waals surface area contributed by atoms with Gasteiger partial charge in [-0.05, 0) is 57.2 Å². The number of carbonyl (C=O) groups excluding carboxylic acids is 1. The van der Waals surface area contributed by atoms with Crippen LogP contribution >= 0.6 is 0 Å². The van der Waals surface area contributed by atoms with Crippen molar-refractivity contribution in [2.45, 2.75) is 62.7 Å². The molecule has 0 atom stereocenters. The van der Waals surface area contributed by atoms with E-state index >= 15 is 0 Å². The Morgan fingerprint density at radius 3 is 2.33 bits per heavy atom. The van der Waals surface area contributed by atoms with Gasteiger partial charge >= 0.3 is 6.18 Å². The molecule has 1 fully saturated rings. The molecule has 40 heavy (non-hydrogen) atoms. The average molecular weight is 580 g/mol. The first-order chi connectivity index (χ1) is 18.7. The van der Waals surface area contributed by atoms with Crippen molar-refractivity contribution < 1.29 is 30.8 Å². The number of carbonyl (C=O) groups is 1. The highest BCUT2D eigenvalue weighted by Gasteiger charge is 2.47. The van der Waals surface area contributed by atoms with Crippen molar-refractivity contribution in [3.8, 4) is 11.1 Å². The van der Waals surface area contributed by atoms with Crippen LogP contribution in [0.25, 0.3) is 11.1 Å². The summed E-state index contributed by atoms with van der Waals surface area (Å²) in [6.07, 6.45) is 0.0162. The zero-order chi connectivity index (χ0) is 29.3. The van der Waals surface area contributed by atoms with Crippen LogP contribution in [0.1, 0.15) is 49.7 Å². The average Bonchev–Trinajstić information content (AvgIpc) is 2.89. The molecule has 1 aliphatic carbocycles. The second-order valence-corrected chi connectivity index (χ2v) is 12.3. The van der Waals surface area contributed by atoms with Gasteiger partial charge in [-0.25, -0.2) is 22.8 Å². The Balaban J connectivity index is 1.27. The van der Waals surface area contributed by atoms with Gasteiger partial charge in [0.05, 0.1) is 23.3 Å². The van der Waals surface area contributed by atoms with Crippen molar-refractivity contribution in [2.24, 2.45) is 5.92 Å². The van der Waals surface area contributed by atoms with Crippen molar-refractivity contribution >= 4 is 15.9 Å². The van der Waals surface area contributed by atoms with Crippen molar-refractivity contribution in [3.63, 3.8) is 0 Å². The Labute approximate surface area is 229 Å². The van der Waals surface area contributed by atoms with E-state index < -0.39 is 33.4 Å². The lowest BCUT2D eigenvalue weighted by molar-refractivity contribution is -0.145. The summed E-state index contributed by atoms with van der Waals surface area (Å²) in [7, 11) is -2.06. The maximum atomic E-state index is 14.3. The first-order valence-electron chi connectivity index (χ1n) is 12.6. The lowest BCUT2D eigenvalue weighted by Crippen LogP contribution is -2.55. The summed E-state index contributed by atoms with van der Waals surface area (Å²) < 4.78 is 79.9. The van der Waals surface area contributed by atoms with Crippen LogP contribution < -0.4 is 5.32 Å². The van der Waals surface area contributed by atoms with Crippen LogP contribution in [0.2, 0.25) is 0 Å². The van der Waals surface area contributed by atoms with Crippen molar-refractivity contribution in [1.29, 1.82) is 0 Å². The van der Waals surface area contributed by atoms with Crippen molar-refractivity contribution in [1.82, 2.24) is 24.6 Å². The van der Waals surface area contributed by atoms with Crippen LogP contribution in [0.4, 0.5) is 17.6 Å². The molecule has 3 aromatic rings. The predicted octanol–water partition coefficient (Wildman–Crippen LogP) is 4.89. The van der Waals surface area contributed by atoms with Gasteiger partial charge in [0.1, 0.15) is 5.82 Å². The number of alkyl halides is 3. The van der Waals surface area contributed by atoms with E-state index in [-0.39, 0.29) is 40.8 Å². The van der Waals surface area contributed by atoms with Crippen molar-refractivity contribution in [2.75, 3.05) is 7.05 Å². The number of hydrogen-bond acceptors (Lipinski definition) is 6. The van der Waals surface area contributed by atoms with E-state index in [1.165, 1.54) is 10.4 Å². The Morgan fingerprint density at radius 1 is 1.10 bits per heavy atom. The number of nitrogens with zero attached hydrogens (tertiary/aromatic N) is 4. The Kier molecular flexibility index (Phi) is 8.27. The number of hydrogen-bond donors (Lipinski definition) is 1. The zero-order valence-corrected chi connectivity index (χ0v) is 23.0. The molecule has 0 bridgehead atoms. The second-order valence-electron chi connectivity index (χ2n) is 10.3. The molecule has 1 amide bonds. The number of halogens is 4. The Hall–Kier alpha value is -3.45. The molecule has 214 valence electrons. The number of benzene rings is 1. The first kappa shape index (κ1) is 29.5. The Morgan fingerprint density at radius 2 is 1.73 bits per heavy atom. The van der Waals surface area contributed by atoms with Crippen LogP contribution in [0.5, 0.6) is 0 Å². The van der Waals surface area contributed by atoms with Crippen LogP contribution in [0, 0.1) is 18.7 Å². The normalized spacial score (nSPS) is 19.4. The highest BCUT2D eigenvalue weighted by molar-refractivity contribution is 7.89. The zero-order valence-electron chi connectivity index (χ0n) is 22.2. The molecule has 0 saturated heterocycles. The number of aryl methyl sites for hydroxylation is 1. The third-order valence-electron chi connectivity index (χ3n) is 7.27. The third-order valence-corrected chi connectivity index (χ3v) is 9.30. The van der Waals surface area contributed by atoms with E-state index in [1.807, 2.05) is 13.8 Å². The van der Waals surface area contributed by atoms with E-state index in [0.29, 0.717) is 25.0 Å². The summed E-state index contributed by atoms with van der Waals surface area (Å²) in [6, 6.07) is 8.04. The molecule has 13 heteroatoms. The lowest BCUT2D eigenvalue weighted by Gasteiger charge is -2.50. The molecule has 0 radical (unpaired) electrons. The number of sulfonamides is 1. The lowest BCUT2D eigenvalue weighted by atomic mass is 9.68. The van der Waals surface area contributed by atoms with E-state index in [4.69, 9.17) is 0 Å². The van der Waals surface area contributed by atoms with Gasteiger partial charge in [-0.3, -0.25) is 9.78 Å². The van der Waals surface area contributed by atoms with Gasteiger partial charge in [0.25, 0.3) is 0 Å². The first-order valence-corrected chi connectivity index (χ1v) is 14.0. The minimum Gasteiger partial charge on any atom is -0.350 e. The number of aromatic nitrogens is 3. The van der Waals surface area contributed by atoms with Crippen LogP contribution in [-0.2, 0) is 27.5 Å². The number of amides is 1. The summed E-state index contributed by atoms with van der Waals surface area (Å²) in [4.78, 5) is 23.1. The maximum Gasteiger partial charge on any atom is 0.451 e. The molecule has 0 aliphatic heterocycles. The van der Waals surface area contributed by atoms with E-state index in [0.717, 1.165) is 24.2 Å². The summed E-state index contributed by atoms with van der Waals surface area (Å²) >= 11 is 0. The molecule has 1 saturated carbocycles. The highest BCUT2D eigenvalue weighted by atomic mass is 32.2. The predicted molar refractivity (Wildman–Crippen MR) is 139 cm³/mol. The van der Waals surface area contributed by atoms with Gasteiger partial charge in [-0.1, -0.05) is 17.7 Å². The van der Waals surface area contributed by atoms with Gasteiger partial charge in [-0.15, -0.1) is 0 Å². The molecule has 0 spiro atoms. The summed E-state index contributed by atoms with van der Waals surface area (Å²) in [5.74, 6) is -2.16. The van der Waals surface area contributed by atoms with E-state index in [9.17, 15) is 30.8 Å². The molecule has 2 heterocycles. The van der Waals surface area contributed by atoms with E-state index in [2.05, 4.69) is 20.3 Å². The van der Waals surface area contributed by atoms with Gasteiger partial charge < -0.3 is 5.32 Å².